The van der Waals surface area contributed by atoms with Gasteiger partial charge >= 0.3 is 0 Å². The fraction of sp³-hybridized carbons (Fsp3) is 0.588. The highest BCUT2D eigenvalue weighted by Crippen LogP contribution is 2.36. The van der Waals surface area contributed by atoms with E-state index >= 15 is 0 Å². The zero-order valence-corrected chi connectivity index (χ0v) is 15.5. The highest BCUT2D eigenvalue weighted by molar-refractivity contribution is 14.0. The van der Waals surface area contributed by atoms with Crippen molar-refractivity contribution in [3.05, 3.63) is 29.3 Å². The Morgan fingerprint density at radius 3 is 2.65 bits per heavy atom. The molecule has 1 fully saturated rings. The van der Waals surface area contributed by atoms with Gasteiger partial charge in [0.05, 0.1) is 0 Å². The van der Waals surface area contributed by atoms with Gasteiger partial charge < -0.3 is 11.1 Å². The first kappa shape index (κ1) is 18.4. The van der Waals surface area contributed by atoms with E-state index in [4.69, 9.17) is 5.73 Å². The first-order chi connectivity index (χ1) is 10.5. The number of rotatable bonds is 3. The molecule has 0 amide bonds. The smallest absolute Gasteiger partial charge is 0.248 e. The molecule has 23 heavy (non-hydrogen) atoms. The summed E-state index contributed by atoms with van der Waals surface area (Å²) in [5.41, 5.74) is 9.67. The van der Waals surface area contributed by atoms with Crippen LogP contribution in [0.2, 0.25) is 0 Å². The predicted molar refractivity (Wildman–Crippen MR) is 101 cm³/mol. The molecule has 0 saturated heterocycles. The van der Waals surface area contributed by atoms with Crippen LogP contribution in [0.25, 0.3) is 0 Å². The molecule has 128 valence electrons. The maximum atomic E-state index is 13.1. The number of hydrogen-bond acceptors (Lipinski definition) is 1. The van der Waals surface area contributed by atoms with Crippen molar-refractivity contribution in [2.75, 3.05) is 11.9 Å². The summed E-state index contributed by atoms with van der Waals surface area (Å²) in [4.78, 5) is 4.32. The van der Waals surface area contributed by atoms with Crippen molar-refractivity contribution in [1.82, 2.24) is 0 Å². The molecule has 2 aliphatic rings. The molecule has 0 bridgehead atoms. The minimum absolute atomic E-state index is 0. The number of halogens is 3. The number of aryl methyl sites for hydroxylation is 2. The second-order valence-corrected chi connectivity index (χ2v) is 6.49. The largest absolute Gasteiger partial charge is 0.370 e. The van der Waals surface area contributed by atoms with Gasteiger partial charge in [-0.05, 0) is 61.3 Å². The SMILES string of the molecule is I.NC(=NCC1CCC(F)(F)CC1)Nc1ccc2c(c1)CCC2. The van der Waals surface area contributed by atoms with Crippen LogP contribution in [0, 0.1) is 5.92 Å². The van der Waals surface area contributed by atoms with Gasteiger partial charge in [0.2, 0.25) is 5.92 Å². The first-order valence-electron chi connectivity index (χ1n) is 8.08. The van der Waals surface area contributed by atoms with E-state index in [9.17, 15) is 8.78 Å². The predicted octanol–water partition coefficient (Wildman–Crippen LogP) is 4.35. The molecular weight excluding hydrogens is 411 g/mol. The molecule has 0 atom stereocenters. The molecule has 3 N–H and O–H groups in total. The monoisotopic (exact) mass is 435 g/mol. The summed E-state index contributed by atoms with van der Waals surface area (Å²) in [6, 6.07) is 6.29. The van der Waals surface area contributed by atoms with Crippen molar-refractivity contribution in [3.8, 4) is 0 Å². The van der Waals surface area contributed by atoms with Crippen LogP contribution in [-0.4, -0.2) is 18.4 Å². The van der Waals surface area contributed by atoms with E-state index in [0.717, 1.165) is 18.5 Å². The van der Waals surface area contributed by atoms with Gasteiger partial charge in [0.15, 0.2) is 5.96 Å². The average molecular weight is 435 g/mol. The van der Waals surface area contributed by atoms with Gasteiger partial charge in [0, 0.05) is 25.1 Å². The van der Waals surface area contributed by atoms with Crippen LogP contribution in [0.4, 0.5) is 14.5 Å². The number of nitrogens with zero attached hydrogens (tertiary/aromatic N) is 1. The number of benzene rings is 1. The van der Waals surface area contributed by atoms with E-state index in [1.54, 1.807) is 0 Å². The lowest BCUT2D eigenvalue weighted by molar-refractivity contribution is -0.0446. The lowest BCUT2D eigenvalue weighted by atomic mass is 9.87. The molecular formula is C17H24F2IN3. The molecule has 0 aliphatic heterocycles. The summed E-state index contributed by atoms with van der Waals surface area (Å²) in [6.45, 7) is 0.528. The minimum Gasteiger partial charge on any atom is -0.370 e. The lowest BCUT2D eigenvalue weighted by Gasteiger charge is -2.27. The Hall–Kier alpha value is -0.920. The zero-order chi connectivity index (χ0) is 15.6. The molecule has 3 nitrogen and oxygen atoms in total. The summed E-state index contributed by atoms with van der Waals surface area (Å²) < 4.78 is 26.2. The number of anilines is 1. The van der Waals surface area contributed by atoms with Gasteiger partial charge in [0.1, 0.15) is 0 Å². The summed E-state index contributed by atoms with van der Waals surface area (Å²) in [5.74, 6) is -1.88. The van der Waals surface area contributed by atoms with Gasteiger partial charge in [-0.1, -0.05) is 6.07 Å². The van der Waals surface area contributed by atoms with Crippen molar-refractivity contribution >= 4 is 35.6 Å². The molecule has 1 aromatic rings. The molecule has 6 heteroatoms. The van der Waals surface area contributed by atoms with Gasteiger partial charge in [-0.3, -0.25) is 4.99 Å². The quantitative estimate of drug-likeness (QED) is 0.422. The molecule has 0 unspecified atom stereocenters. The number of hydrogen-bond donors (Lipinski definition) is 2. The van der Waals surface area contributed by atoms with Crippen molar-refractivity contribution in [2.24, 2.45) is 16.6 Å². The highest BCUT2D eigenvalue weighted by Gasteiger charge is 2.34. The molecule has 2 aliphatic carbocycles. The number of fused-ring (bicyclic) bond motifs is 1. The lowest BCUT2D eigenvalue weighted by Crippen LogP contribution is -2.28. The number of nitrogens with one attached hydrogen (secondary N) is 1. The van der Waals surface area contributed by atoms with Gasteiger partial charge in [-0.25, -0.2) is 8.78 Å². The zero-order valence-electron chi connectivity index (χ0n) is 13.2. The molecule has 1 aromatic carbocycles. The van der Waals surface area contributed by atoms with Crippen molar-refractivity contribution in [2.45, 2.75) is 50.9 Å². The van der Waals surface area contributed by atoms with Crippen molar-refractivity contribution in [1.29, 1.82) is 0 Å². The van der Waals surface area contributed by atoms with E-state index in [1.165, 1.54) is 17.5 Å². The Kier molecular flexibility index (Phi) is 6.22. The molecule has 0 radical (unpaired) electrons. The Balaban J connectivity index is 0.00000192. The summed E-state index contributed by atoms with van der Waals surface area (Å²) in [6.07, 6.45) is 4.51. The number of aliphatic imine (C=N–C) groups is 1. The van der Waals surface area contributed by atoms with Gasteiger partial charge in [0.25, 0.3) is 0 Å². The van der Waals surface area contributed by atoms with Gasteiger partial charge in [-0.15, -0.1) is 24.0 Å². The second-order valence-electron chi connectivity index (χ2n) is 6.49. The minimum atomic E-state index is -2.48. The normalized spacial score (nSPS) is 20.7. The van der Waals surface area contributed by atoms with Crippen LogP contribution in [0.1, 0.15) is 43.2 Å². The van der Waals surface area contributed by atoms with Crippen molar-refractivity contribution < 1.29 is 8.78 Å². The van der Waals surface area contributed by atoms with Crippen LogP contribution in [0.5, 0.6) is 0 Å². The van der Waals surface area contributed by atoms with E-state index in [0.29, 0.717) is 25.3 Å². The summed E-state index contributed by atoms with van der Waals surface area (Å²) in [5, 5.41) is 3.11. The van der Waals surface area contributed by atoms with Crippen LogP contribution in [0.15, 0.2) is 23.2 Å². The first-order valence-corrected chi connectivity index (χ1v) is 8.08. The fourth-order valence-electron chi connectivity index (χ4n) is 3.35. The Morgan fingerprint density at radius 1 is 1.22 bits per heavy atom. The summed E-state index contributed by atoms with van der Waals surface area (Å²) >= 11 is 0. The van der Waals surface area contributed by atoms with Gasteiger partial charge in [-0.2, -0.15) is 0 Å². The second kappa shape index (κ2) is 7.77. The maximum absolute atomic E-state index is 13.1. The van der Waals surface area contributed by atoms with Crippen LogP contribution >= 0.6 is 24.0 Å². The third-order valence-electron chi connectivity index (χ3n) is 4.73. The van der Waals surface area contributed by atoms with Crippen LogP contribution in [-0.2, 0) is 12.8 Å². The number of guanidine groups is 1. The Labute approximate surface area is 153 Å². The van der Waals surface area contributed by atoms with Crippen LogP contribution < -0.4 is 11.1 Å². The van der Waals surface area contributed by atoms with E-state index in [-0.39, 0.29) is 42.7 Å². The summed E-state index contributed by atoms with van der Waals surface area (Å²) in [7, 11) is 0. The standard InChI is InChI=1S/C17H23F2N3.HI/c18-17(19)8-6-12(7-9-17)11-21-16(20)22-15-5-4-13-2-1-3-14(13)10-15;/h4-5,10,12H,1-3,6-9,11H2,(H3,20,21,22);1H. The number of nitrogens with two attached hydrogens (primary N) is 1. The maximum Gasteiger partial charge on any atom is 0.248 e. The van der Waals surface area contributed by atoms with E-state index in [1.807, 2.05) is 6.07 Å². The third kappa shape index (κ3) is 5.02. The topological polar surface area (TPSA) is 50.4 Å². The third-order valence-corrected chi connectivity index (χ3v) is 4.73. The van der Waals surface area contributed by atoms with Crippen molar-refractivity contribution in [3.63, 3.8) is 0 Å². The molecule has 0 heterocycles. The van der Waals surface area contributed by atoms with E-state index in [2.05, 4.69) is 22.4 Å². The molecule has 0 aromatic heterocycles. The molecule has 3 rings (SSSR count). The molecule has 1 saturated carbocycles. The highest BCUT2D eigenvalue weighted by atomic mass is 127. The van der Waals surface area contributed by atoms with E-state index < -0.39 is 5.92 Å². The Morgan fingerprint density at radius 2 is 1.91 bits per heavy atom. The Bertz CT molecular complexity index is 565. The fourth-order valence-corrected chi connectivity index (χ4v) is 3.35. The average Bonchev–Trinajstić information content (AvgIpc) is 2.93. The number of alkyl halides is 2. The molecule has 0 spiro atoms. The van der Waals surface area contributed by atoms with Crippen LogP contribution in [0.3, 0.4) is 0 Å².